The predicted octanol–water partition coefficient (Wildman–Crippen LogP) is 1.93. The van der Waals surface area contributed by atoms with Crippen molar-refractivity contribution in [3.8, 4) is 11.5 Å². The zero-order valence-corrected chi connectivity index (χ0v) is 11.2. The van der Waals surface area contributed by atoms with Crippen LogP contribution in [0.1, 0.15) is 12.8 Å². The summed E-state index contributed by atoms with van der Waals surface area (Å²) in [6.45, 7) is 0. The average Bonchev–Trinajstić information content (AvgIpc) is 3.28. The Morgan fingerprint density at radius 3 is 2.60 bits per heavy atom. The van der Waals surface area contributed by atoms with E-state index in [0.717, 1.165) is 12.8 Å². The van der Waals surface area contributed by atoms with Gasteiger partial charge in [-0.3, -0.25) is 10.1 Å². The van der Waals surface area contributed by atoms with Gasteiger partial charge in [-0.05, 0) is 25.0 Å². The quantitative estimate of drug-likeness (QED) is 0.450. The fourth-order valence-electron chi connectivity index (χ4n) is 1.86. The summed E-state index contributed by atoms with van der Waals surface area (Å²) in [5, 5.41) is 11.1. The molecule has 7 heteroatoms. The molecule has 1 aliphatic carbocycles. The highest BCUT2D eigenvalue weighted by Crippen LogP contribution is 2.38. The maximum atomic E-state index is 11.7. The third-order valence-electron chi connectivity index (χ3n) is 3.10. The lowest BCUT2D eigenvalue weighted by molar-refractivity contribution is -0.386. The van der Waals surface area contributed by atoms with E-state index in [-0.39, 0.29) is 17.4 Å². The lowest BCUT2D eigenvalue weighted by atomic mass is 10.2. The topological polar surface area (TPSA) is 87.9 Å². The first-order chi connectivity index (χ1) is 9.56. The molecule has 0 aliphatic heterocycles. The van der Waals surface area contributed by atoms with E-state index < -0.39 is 17.0 Å². The number of hydrogen-bond acceptors (Lipinski definition) is 6. The fourth-order valence-corrected chi connectivity index (χ4v) is 1.86. The summed E-state index contributed by atoms with van der Waals surface area (Å²) in [5.41, 5.74) is -0.237. The van der Waals surface area contributed by atoms with Gasteiger partial charge in [0.05, 0.1) is 25.2 Å². The molecule has 1 aromatic carbocycles. The van der Waals surface area contributed by atoms with E-state index in [0.29, 0.717) is 5.75 Å². The van der Waals surface area contributed by atoms with Gasteiger partial charge >= 0.3 is 11.7 Å². The number of methoxy groups -OCH3 is 2. The van der Waals surface area contributed by atoms with Gasteiger partial charge in [0.25, 0.3) is 0 Å². The molecule has 1 unspecified atom stereocenters. The highest BCUT2D eigenvalue weighted by molar-refractivity contribution is 5.76. The SMILES string of the molecule is COC(=O)C(Oc1ccc(OC)cc1[N+](=O)[O-])C1CC1. The minimum absolute atomic E-state index is 0.0399. The molecule has 20 heavy (non-hydrogen) atoms. The lowest BCUT2D eigenvalue weighted by Crippen LogP contribution is -2.30. The number of ether oxygens (including phenoxy) is 3. The number of carbonyl (C=O) groups is 1. The number of nitro groups is 1. The van der Waals surface area contributed by atoms with Crippen LogP contribution in [0.4, 0.5) is 5.69 Å². The molecule has 1 saturated carbocycles. The van der Waals surface area contributed by atoms with Crippen LogP contribution in [0.5, 0.6) is 11.5 Å². The van der Waals surface area contributed by atoms with Gasteiger partial charge in [-0.25, -0.2) is 4.79 Å². The molecule has 1 aromatic rings. The van der Waals surface area contributed by atoms with Crippen LogP contribution in [-0.4, -0.2) is 31.2 Å². The van der Waals surface area contributed by atoms with Crippen molar-refractivity contribution in [1.82, 2.24) is 0 Å². The van der Waals surface area contributed by atoms with Crippen molar-refractivity contribution in [2.75, 3.05) is 14.2 Å². The van der Waals surface area contributed by atoms with Crippen molar-refractivity contribution in [1.29, 1.82) is 0 Å². The molecule has 0 bridgehead atoms. The molecule has 2 rings (SSSR count). The van der Waals surface area contributed by atoms with Crippen LogP contribution in [0, 0.1) is 16.0 Å². The summed E-state index contributed by atoms with van der Waals surface area (Å²) in [5.74, 6) is -0.0649. The van der Waals surface area contributed by atoms with Gasteiger partial charge in [0.2, 0.25) is 0 Å². The summed E-state index contributed by atoms with van der Waals surface area (Å²) in [6, 6.07) is 4.23. The second kappa shape index (κ2) is 5.77. The average molecular weight is 281 g/mol. The van der Waals surface area contributed by atoms with Crippen molar-refractivity contribution < 1.29 is 23.9 Å². The zero-order valence-electron chi connectivity index (χ0n) is 11.2. The molecule has 0 amide bonds. The molecule has 7 nitrogen and oxygen atoms in total. The van der Waals surface area contributed by atoms with E-state index in [9.17, 15) is 14.9 Å². The van der Waals surface area contributed by atoms with Crippen LogP contribution < -0.4 is 9.47 Å². The molecule has 1 atom stereocenters. The predicted molar refractivity (Wildman–Crippen MR) is 68.8 cm³/mol. The highest BCUT2D eigenvalue weighted by atomic mass is 16.6. The summed E-state index contributed by atoms with van der Waals surface area (Å²) in [7, 11) is 2.69. The van der Waals surface area contributed by atoms with Crippen molar-refractivity contribution in [3.05, 3.63) is 28.3 Å². The van der Waals surface area contributed by atoms with E-state index in [4.69, 9.17) is 9.47 Å². The van der Waals surface area contributed by atoms with E-state index in [1.807, 2.05) is 0 Å². The molecular formula is C13H15NO6. The maximum absolute atomic E-state index is 11.7. The Kier molecular flexibility index (Phi) is 4.07. The molecule has 1 fully saturated rings. The Balaban J connectivity index is 2.27. The molecule has 0 N–H and O–H groups in total. The fraction of sp³-hybridized carbons (Fsp3) is 0.462. The number of nitro benzene ring substituents is 1. The smallest absolute Gasteiger partial charge is 0.347 e. The number of carbonyl (C=O) groups excluding carboxylic acids is 1. The number of esters is 1. The second-order valence-corrected chi connectivity index (χ2v) is 4.49. The van der Waals surface area contributed by atoms with Gasteiger partial charge < -0.3 is 14.2 Å². The van der Waals surface area contributed by atoms with Crippen molar-refractivity contribution in [2.45, 2.75) is 18.9 Å². The van der Waals surface area contributed by atoms with Crippen LogP contribution in [0.2, 0.25) is 0 Å². The van der Waals surface area contributed by atoms with Gasteiger partial charge in [0, 0.05) is 5.92 Å². The number of benzene rings is 1. The third-order valence-corrected chi connectivity index (χ3v) is 3.10. The molecule has 0 heterocycles. The van der Waals surface area contributed by atoms with Gasteiger partial charge in [0.1, 0.15) is 5.75 Å². The van der Waals surface area contributed by atoms with Crippen LogP contribution in [0.3, 0.4) is 0 Å². The van der Waals surface area contributed by atoms with Gasteiger partial charge in [0.15, 0.2) is 11.9 Å². The largest absolute Gasteiger partial charge is 0.496 e. The van der Waals surface area contributed by atoms with Gasteiger partial charge in [-0.15, -0.1) is 0 Å². The van der Waals surface area contributed by atoms with Crippen molar-refractivity contribution >= 4 is 11.7 Å². The molecule has 0 aromatic heterocycles. The summed E-state index contributed by atoms with van der Waals surface area (Å²) in [4.78, 5) is 22.1. The Hall–Kier alpha value is -2.31. The van der Waals surface area contributed by atoms with Crippen molar-refractivity contribution in [2.24, 2.45) is 5.92 Å². The first kappa shape index (κ1) is 14.1. The molecule has 108 valence electrons. The summed E-state index contributed by atoms with van der Waals surface area (Å²) < 4.78 is 15.1. The number of nitrogens with zero attached hydrogens (tertiary/aromatic N) is 1. The molecule has 1 aliphatic rings. The van der Waals surface area contributed by atoms with E-state index in [1.165, 1.54) is 26.4 Å². The number of hydrogen-bond donors (Lipinski definition) is 0. The first-order valence-corrected chi connectivity index (χ1v) is 6.13. The van der Waals surface area contributed by atoms with E-state index in [1.54, 1.807) is 6.07 Å². The monoisotopic (exact) mass is 281 g/mol. The minimum atomic E-state index is -0.799. The molecule has 0 spiro atoms. The maximum Gasteiger partial charge on any atom is 0.347 e. The Morgan fingerprint density at radius 1 is 1.40 bits per heavy atom. The van der Waals surface area contributed by atoms with Crippen molar-refractivity contribution in [3.63, 3.8) is 0 Å². The molecule has 0 radical (unpaired) electrons. The van der Waals surface area contributed by atoms with E-state index in [2.05, 4.69) is 4.74 Å². The Morgan fingerprint density at radius 2 is 2.10 bits per heavy atom. The van der Waals surface area contributed by atoms with Gasteiger partial charge in [-0.1, -0.05) is 0 Å². The lowest BCUT2D eigenvalue weighted by Gasteiger charge is -2.16. The highest BCUT2D eigenvalue weighted by Gasteiger charge is 2.40. The van der Waals surface area contributed by atoms with Crippen LogP contribution in [-0.2, 0) is 9.53 Å². The number of rotatable bonds is 6. The second-order valence-electron chi connectivity index (χ2n) is 4.49. The Labute approximate surface area is 115 Å². The van der Waals surface area contributed by atoms with Gasteiger partial charge in [-0.2, -0.15) is 0 Å². The van der Waals surface area contributed by atoms with Crippen LogP contribution in [0.25, 0.3) is 0 Å². The first-order valence-electron chi connectivity index (χ1n) is 6.13. The van der Waals surface area contributed by atoms with Crippen LogP contribution in [0.15, 0.2) is 18.2 Å². The zero-order chi connectivity index (χ0) is 14.7. The Bertz CT molecular complexity index is 526. The summed E-state index contributed by atoms with van der Waals surface area (Å²) >= 11 is 0. The normalized spacial score (nSPS) is 15.3. The minimum Gasteiger partial charge on any atom is -0.496 e. The molecule has 0 saturated heterocycles. The summed E-state index contributed by atoms with van der Waals surface area (Å²) in [6.07, 6.45) is 0.903. The van der Waals surface area contributed by atoms with Crippen LogP contribution >= 0.6 is 0 Å². The molecular weight excluding hydrogens is 266 g/mol. The standard InChI is InChI=1S/C13H15NO6/c1-18-9-5-6-11(10(7-9)14(16)17)20-12(8-3-4-8)13(15)19-2/h5-8,12H,3-4H2,1-2H3. The van der Waals surface area contributed by atoms with E-state index >= 15 is 0 Å². The third kappa shape index (κ3) is 2.98.